The molecule has 1 heterocycles. The first-order chi connectivity index (χ1) is 7.25. The Kier molecular flexibility index (Phi) is 3.19. The van der Waals surface area contributed by atoms with Gasteiger partial charge in [0.2, 0.25) is 0 Å². The molecule has 0 amide bonds. The van der Waals surface area contributed by atoms with E-state index in [-0.39, 0.29) is 0 Å². The lowest BCUT2D eigenvalue weighted by Gasteiger charge is -2.06. The minimum Gasteiger partial charge on any atom is -0.487 e. The van der Waals surface area contributed by atoms with Crippen LogP contribution in [0.3, 0.4) is 0 Å². The summed E-state index contributed by atoms with van der Waals surface area (Å²) in [5, 5.41) is 1.14. The van der Waals surface area contributed by atoms with E-state index in [0.29, 0.717) is 22.4 Å². The van der Waals surface area contributed by atoms with Crippen molar-refractivity contribution in [2.45, 2.75) is 6.61 Å². The predicted octanol–water partition coefficient (Wildman–Crippen LogP) is 4.17. The molecule has 0 N–H and O–H groups in total. The molecule has 0 aliphatic heterocycles. The fourth-order valence-electron chi connectivity index (χ4n) is 1.12. The highest BCUT2D eigenvalue weighted by Crippen LogP contribution is 2.28. The van der Waals surface area contributed by atoms with Crippen LogP contribution in [0.2, 0.25) is 10.0 Å². The quantitative estimate of drug-likeness (QED) is 0.807. The van der Waals surface area contributed by atoms with Gasteiger partial charge in [0.1, 0.15) is 12.4 Å². The average molecular weight is 243 g/mol. The number of ether oxygens (including phenoxy) is 1. The van der Waals surface area contributed by atoms with Crippen molar-refractivity contribution < 1.29 is 9.15 Å². The summed E-state index contributed by atoms with van der Waals surface area (Å²) in [4.78, 5) is 0. The summed E-state index contributed by atoms with van der Waals surface area (Å²) in [6.45, 7) is 0.413. The summed E-state index contributed by atoms with van der Waals surface area (Å²) < 4.78 is 10.4. The van der Waals surface area contributed by atoms with Gasteiger partial charge in [-0.2, -0.15) is 0 Å². The molecule has 2 rings (SSSR count). The molecule has 1 aromatic carbocycles. The molecule has 0 bridgehead atoms. The van der Waals surface area contributed by atoms with Gasteiger partial charge in [-0.15, -0.1) is 0 Å². The molecule has 0 saturated heterocycles. The maximum atomic E-state index is 5.93. The highest BCUT2D eigenvalue weighted by Gasteiger charge is 2.03. The van der Waals surface area contributed by atoms with Crippen molar-refractivity contribution in [3.05, 3.63) is 52.4 Å². The molecule has 0 unspecified atom stereocenters. The van der Waals surface area contributed by atoms with Crippen LogP contribution in [0.4, 0.5) is 0 Å². The van der Waals surface area contributed by atoms with Crippen LogP contribution in [0.5, 0.6) is 5.75 Å². The van der Waals surface area contributed by atoms with E-state index in [1.807, 2.05) is 6.07 Å². The van der Waals surface area contributed by atoms with Gasteiger partial charge in [0, 0.05) is 16.7 Å². The maximum Gasteiger partial charge on any atom is 0.139 e. The molecule has 4 heteroatoms. The number of furan rings is 1. The molecule has 0 aliphatic carbocycles. The van der Waals surface area contributed by atoms with Crippen LogP contribution in [0, 0.1) is 0 Å². The van der Waals surface area contributed by atoms with Crippen LogP contribution in [0.15, 0.2) is 41.2 Å². The molecule has 2 nitrogen and oxygen atoms in total. The molecular weight excluding hydrogens is 235 g/mol. The first-order valence-corrected chi connectivity index (χ1v) is 5.10. The van der Waals surface area contributed by atoms with E-state index < -0.39 is 0 Å². The second-order valence-electron chi connectivity index (χ2n) is 3.00. The number of benzene rings is 1. The highest BCUT2D eigenvalue weighted by molar-refractivity contribution is 6.34. The smallest absolute Gasteiger partial charge is 0.139 e. The number of hydrogen-bond donors (Lipinski definition) is 0. The number of halogens is 2. The zero-order chi connectivity index (χ0) is 10.7. The molecule has 2 aromatic rings. The molecular formula is C11H8Cl2O2. The molecule has 0 spiro atoms. The van der Waals surface area contributed by atoms with Crippen molar-refractivity contribution in [2.75, 3.05) is 0 Å². The normalized spacial score (nSPS) is 10.3. The average Bonchev–Trinajstić information content (AvgIpc) is 2.72. The van der Waals surface area contributed by atoms with E-state index in [1.54, 1.807) is 30.7 Å². The summed E-state index contributed by atoms with van der Waals surface area (Å²) in [6.07, 6.45) is 3.22. The van der Waals surface area contributed by atoms with Gasteiger partial charge in [-0.3, -0.25) is 0 Å². The lowest BCUT2D eigenvalue weighted by atomic mass is 10.3. The molecule has 0 aliphatic rings. The van der Waals surface area contributed by atoms with E-state index in [2.05, 4.69) is 0 Å². The van der Waals surface area contributed by atoms with E-state index in [4.69, 9.17) is 32.4 Å². The maximum absolute atomic E-state index is 5.93. The third-order valence-electron chi connectivity index (χ3n) is 1.87. The highest BCUT2D eigenvalue weighted by atomic mass is 35.5. The topological polar surface area (TPSA) is 22.4 Å². The van der Waals surface area contributed by atoms with Crippen LogP contribution in [-0.2, 0) is 6.61 Å². The first-order valence-electron chi connectivity index (χ1n) is 4.34. The van der Waals surface area contributed by atoms with Gasteiger partial charge in [0.05, 0.1) is 17.5 Å². The zero-order valence-electron chi connectivity index (χ0n) is 7.74. The van der Waals surface area contributed by atoms with Gasteiger partial charge in [0.25, 0.3) is 0 Å². The van der Waals surface area contributed by atoms with Crippen LogP contribution >= 0.6 is 23.2 Å². The standard InChI is InChI=1S/C11H8Cl2O2/c12-9-1-2-10(13)11(5-9)15-7-8-3-4-14-6-8/h1-6H,7H2. The SMILES string of the molecule is Clc1ccc(Cl)c(OCc2ccoc2)c1. The molecule has 78 valence electrons. The Bertz CT molecular complexity index is 438. The largest absolute Gasteiger partial charge is 0.487 e. The minimum atomic E-state index is 0.413. The third-order valence-corrected chi connectivity index (χ3v) is 2.42. The van der Waals surface area contributed by atoms with E-state index in [1.165, 1.54) is 0 Å². The Morgan fingerprint density at radius 1 is 1.20 bits per heavy atom. The number of hydrogen-bond acceptors (Lipinski definition) is 2. The van der Waals surface area contributed by atoms with Crippen LogP contribution in [0.1, 0.15) is 5.56 Å². The van der Waals surface area contributed by atoms with Crippen molar-refractivity contribution >= 4 is 23.2 Å². The van der Waals surface area contributed by atoms with Gasteiger partial charge in [-0.25, -0.2) is 0 Å². The summed E-state index contributed by atoms with van der Waals surface area (Å²) in [5.74, 6) is 0.574. The molecule has 0 atom stereocenters. The summed E-state index contributed by atoms with van der Waals surface area (Å²) in [6, 6.07) is 6.94. The second-order valence-corrected chi connectivity index (χ2v) is 3.84. The monoisotopic (exact) mass is 242 g/mol. The van der Waals surface area contributed by atoms with Gasteiger partial charge in [-0.05, 0) is 18.2 Å². The molecule has 1 aromatic heterocycles. The summed E-state index contributed by atoms with van der Waals surface area (Å²) in [5.41, 5.74) is 0.950. The van der Waals surface area contributed by atoms with Crippen molar-refractivity contribution in [2.24, 2.45) is 0 Å². The van der Waals surface area contributed by atoms with Gasteiger partial charge >= 0.3 is 0 Å². The van der Waals surface area contributed by atoms with Gasteiger partial charge < -0.3 is 9.15 Å². The molecule has 0 fully saturated rings. The van der Waals surface area contributed by atoms with Crippen molar-refractivity contribution in [1.29, 1.82) is 0 Å². The Balaban J connectivity index is 2.07. The van der Waals surface area contributed by atoms with E-state index >= 15 is 0 Å². The lowest BCUT2D eigenvalue weighted by molar-refractivity contribution is 0.305. The third kappa shape index (κ3) is 2.67. The molecule has 0 saturated carbocycles. The fourth-order valence-corrected chi connectivity index (χ4v) is 1.46. The Morgan fingerprint density at radius 2 is 2.07 bits per heavy atom. The minimum absolute atomic E-state index is 0.413. The molecule has 15 heavy (non-hydrogen) atoms. The Hall–Kier alpha value is -1.12. The van der Waals surface area contributed by atoms with E-state index in [9.17, 15) is 0 Å². The lowest BCUT2D eigenvalue weighted by Crippen LogP contribution is -1.94. The van der Waals surface area contributed by atoms with Crippen molar-refractivity contribution in [1.82, 2.24) is 0 Å². The van der Waals surface area contributed by atoms with Crippen LogP contribution in [0.25, 0.3) is 0 Å². The zero-order valence-corrected chi connectivity index (χ0v) is 9.26. The van der Waals surface area contributed by atoms with E-state index in [0.717, 1.165) is 5.56 Å². The Morgan fingerprint density at radius 3 is 2.80 bits per heavy atom. The predicted molar refractivity (Wildman–Crippen MR) is 59.5 cm³/mol. The van der Waals surface area contributed by atoms with Crippen molar-refractivity contribution in [3.8, 4) is 5.75 Å². The Labute approximate surface area is 97.4 Å². The van der Waals surface area contributed by atoms with Gasteiger partial charge in [-0.1, -0.05) is 23.2 Å². The second kappa shape index (κ2) is 4.60. The summed E-state index contributed by atoms with van der Waals surface area (Å²) >= 11 is 11.7. The van der Waals surface area contributed by atoms with Crippen LogP contribution in [-0.4, -0.2) is 0 Å². The molecule has 0 radical (unpaired) electrons. The summed E-state index contributed by atoms with van der Waals surface area (Å²) in [7, 11) is 0. The van der Waals surface area contributed by atoms with Gasteiger partial charge in [0.15, 0.2) is 0 Å². The number of rotatable bonds is 3. The first kappa shape index (κ1) is 10.4. The van der Waals surface area contributed by atoms with Crippen LogP contribution < -0.4 is 4.74 Å². The van der Waals surface area contributed by atoms with Crippen molar-refractivity contribution in [3.63, 3.8) is 0 Å². The fraction of sp³-hybridized carbons (Fsp3) is 0.0909.